The van der Waals surface area contributed by atoms with E-state index in [1.807, 2.05) is 6.07 Å². The predicted octanol–water partition coefficient (Wildman–Crippen LogP) is 8.88. The fraction of sp³-hybridized carbons (Fsp3) is 0.0909. The Labute approximate surface area is 205 Å². The van der Waals surface area contributed by atoms with E-state index in [0.29, 0.717) is 0 Å². The fourth-order valence-electron chi connectivity index (χ4n) is 5.71. The van der Waals surface area contributed by atoms with Crippen molar-refractivity contribution in [2.24, 2.45) is 0 Å². The van der Waals surface area contributed by atoms with Crippen molar-refractivity contribution in [3.63, 3.8) is 0 Å². The van der Waals surface area contributed by atoms with Crippen molar-refractivity contribution < 1.29 is 4.74 Å². The molecule has 0 saturated carbocycles. The van der Waals surface area contributed by atoms with E-state index in [9.17, 15) is 0 Å². The summed E-state index contributed by atoms with van der Waals surface area (Å²) >= 11 is 0. The van der Waals surface area contributed by atoms with E-state index >= 15 is 0 Å². The molecular weight excluding hydrogens is 426 g/mol. The van der Waals surface area contributed by atoms with Crippen LogP contribution in [0.2, 0.25) is 0 Å². The number of hydrogen-bond donors (Lipinski definition) is 0. The van der Waals surface area contributed by atoms with Crippen LogP contribution in [0.3, 0.4) is 0 Å². The minimum atomic E-state index is -0.153. The molecule has 0 N–H and O–H groups in total. The van der Waals surface area contributed by atoms with Crippen molar-refractivity contribution in [2.45, 2.75) is 19.3 Å². The normalized spacial score (nSPS) is 13.9. The van der Waals surface area contributed by atoms with Crippen LogP contribution in [-0.2, 0) is 5.41 Å². The average Bonchev–Trinajstić information content (AvgIpc) is 3.24. The molecule has 0 spiro atoms. The molecule has 0 saturated heterocycles. The highest BCUT2D eigenvalue weighted by molar-refractivity contribution is 6.13. The maximum absolute atomic E-state index is 6.33. The van der Waals surface area contributed by atoms with Gasteiger partial charge in [-0.2, -0.15) is 0 Å². The number of ether oxygens (including phenoxy) is 1. The van der Waals surface area contributed by atoms with Gasteiger partial charge in [0.25, 0.3) is 0 Å². The van der Waals surface area contributed by atoms with Gasteiger partial charge in [0.2, 0.25) is 0 Å². The largest absolute Gasteiger partial charge is 0.457 e. The summed E-state index contributed by atoms with van der Waals surface area (Å²) in [7, 11) is 0. The van der Waals surface area contributed by atoms with Crippen LogP contribution in [0.4, 0.5) is 0 Å². The minimum Gasteiger partial charge on any atom is -0.457 e. The Hall–Kier alpha value is -4.30. The average molecular weight is 452 g/mol. The third-order valence-electron chi connectivity index (χ3n) is 7.45. The lowest BCUT2D eigenvalue weighted by Gasteiger charge is -2.34. The molecule has 2 nitrogen and oxygen atoms in total. The van der Waals surface area contributed by atoms with Crippen molar-refractivity contribution in [1.82, 2.24) is 4.57 Å². The summed E-state index contributed by atoms with van der Waals surface area (Å²) in [5.41, 5.74) is 8.33. The summed E-state index contributed by atoms with van der Waals surface area (Å²) in [4.78, 5) is 0. The standard InChI is InChI=1S/C33H25NO/c1-33(2)27-16-7-9-18-30(27)35-31-20-19-22(21-28(31)33)24-14-10-15-26-25-13-6-8-17-29(25)34(32(24)26)23-11-4-3-5-12-23/h3-21H,1-2H3. The summed E-state index contributed by atoms with van der Waals surface area (Å²) in [5.74, 6) is 1.89. The molecular formula is C33H25NO. The SMILES string of the molecule is CC1(C)c2ccccc2Oc2ccc(-c3cccc4c5ccccc5n(-c5ccccc5)c34)cc21. The molecule has 6 aromatic rings. The van der Waals surface area contributed by atoms with Crippen LogP contribution in [0.15, 0.2) is 115 Å². The van der Waals surface area contributed by atoms with Crippen LogP contribution in [0, 0.1) is 0 Å². The third kappa shape index (κ3) is 2.90. The number of nitrogens with zero attached hydrogens (tertiary/aromatic N) is 1. The molecule has 1 aliphatic rings. The Balaban J connectivity index is 1.52. The molecule has 5 aromatic carbocycles. The van der Waals surface area contributed by atoms with Crippen LogP contribution >= 0.6 is 0 Å². The van der Waals surface area contributed by atoms with Crippen molar-refractivity contribution in [3.8, 4) is 28.3 Å². The van der Waals surface area contributed by atoms with Crippen LogP contribution in [0.5, 0.6) is 11.5 Å². The van der Waals surface area contributed by atoms with Crippen LogP contribution in [-0.4, -0.2) is 4.57 Å². The molecule has 2 heterocycles. The smallest absolute Gasteiger partial charge is 0.131 e. The molecule has 0 unspecified atom stereocenters. The van der Waals surface area contributed by atoms with Crippen molar-refractivity contribution in [1.29, 1.82) is 0 Å². The zero-order valence-electron chi connectivity index (χ0n) is 19.8. The monoisotopic (exact) mass is 451 g/mol. The first-order valence-corrected chi connectivity index (χ1v) is 12.1. The number of aromatic nitrogens is 1. The summed E-state index contributed by atoms with van der Waals surface area (Å²) in [6.45, 7) is 4.58. The Bertz CT molecular complexity index is 1740. The third-order valence-corrected chi connectivity index (χ3v) is 7.45. The molecule has 35 heavy (non-hydrogen) atoms. The fourth-order valence-corrected chi connectivity index (χ4v) is 5.71. The lowest BCUT2D eigenvalue weighted by atomic mass is 9.75. The van der Waals surface area contributed by atoms with Gasteiger partial charge in [-0.05, 0) is 42.0 Å². The predicted molar refractivity (Wildman–Crippen MR) is 145 cm³/mol. The first-order valence-electron chi connectivity index (χ1n) is 12.1. The van der Waals surface area contributed by atoms with Gasteiger partial charge in [-0.15, -0.1) is 0 Å². The Morgan fingerprint density at radius 3 is 2.20 bits per heavy atom. The van der Waals surface area contributed by atoms with Gasteiger partial charge in [-0.1, -0.05) is 92.7 Å². The first-order chi connectivity index (χ1) is 17.1. The molecule has 7 rings (SSSR count). The summed E-state index contributed by atoms with van der Waals surface area (Å²) in [6.07, 6.45) is 0. The van der Waals surface area contributed by atoms with E-state index in [1.54, 1.807) is 0 Å². The lowest BCUT2D eigenvalue weighted by molar-refractivity contribution is 0.418. The van der Waals surface area contributed by atoms with E-state index in [-0.39, 0.29) is 5.41 Å². The topological polar surface area (TPSA) is 14.2 Å². The van der Waals surface area contributed by atoms with E-state index in [1.165, 1.54) is 49.7 Å². The van der Waals surface area contributed by atoms with E-state index < -0.39 is 0 Å². The zero-order chi connectivity index (χ0) is 23.6. The number of hydrogen-bond acceptors (Lipinski definition) is 1. The van der Waals surface area contributed by atoms with Gasteiger partial charge in [-0.25, -0.2) is 0 Å². The number of para-hydroxylation sites is 4. The second-order valence-electron chi connectivity index (χ2n) is 9.82. The molecule has 1 aromatic heterocycles. The zero-order valence-corrected chi connectivity index (χ0v) is 19.8. The van der Waals surface area contributed by atoms with Gasteiger partial charge in [-0.3, -0.25) is 0 Å². The van der Waals surface area contributed by atoms with E-state index in [4.69, 9.17) is 4.74 Å². The minimum absolute atomic E-state index is 0.153. The molecule has 0 atom stereocenters. The summed E-state index contributed by atoms with van der Waals surface area (Å²) in [6, 6.07) is 41.0. The number of rotatable bonds is 2. The molecule has 0 radical (unpaired) electrons. The highest BCUT2D eigenvalue weighted by Crippen LogP contribution is 2.49. The van der Waals surface area contributed by atoms with Crippen LogP contribution in [0.25, 0.3) is 38.6 Å². The van der Waals surface area contributed by atoms with Gasteiger partial charge >= 0.3 is 0 Å². The van der Waals surface area contributed by atoms with Crippen molar-refractivity contribution >= 4 is 21.8 Å². The molecule has 0 amide bonds. The maximum atomic E-state index is 6.33. The second-order valence-corrected chi connectivity index (χ2v) is 9.82. The molecule has 1 aliphatic heterocycles. The second kappa shape index (κ2) is 7.35. The lowest BCUT2D eigenvalue weighted by Crippen LogP contribution is -2.24. The van der Waals surface area contributed by atoms with E-state index in [2.05, 4.69) is 128 Å². The Morgan fingerprint density at radius 1 is 0.600 bits per heavy atom. The first kappa shape index (κ1) is 20.1. The molecule has 0 bridgehead atoms. The molecule has 0 fully saturated rings. The number of benzene rings is 5. The Morgan fingerprint density at radius 2 is 1.31 bits per heavy atom. The van der Waals surface area contributed by atoms with Crippen LogP contribution in [0.1, 0.15) is 25.0 Å². The van der Waals surface area contributed by atoms with Gasteiger partial charge in [0.05, 0.1) is 11.0 Å². The van der Waals surface area contributed by atoms with Gasteiger partial charge < -0.3 is 9.30 Å². The van der Waals surface area contributed by atoms with Gasteiger partial charge in [0.15, 0.2) is 0 Å². The van der Waals surface area contributed by atoms with Crippen LogP contribution < -0.4 is 4.74 Å². The number of fused-ring (bicyclic) bond motifs is 5. The molecule has 0 aliphatic carbocycles. The van der Waals surface area contributed by atoms with Gasteiger partial charge in [0.1, 0.15) is 11.5 Å². The maximum Gasteiger partial charge on any atom is 0.131 e. The van der Waals surface area contributed by atoms with Crippen molar-refractivity contribution in [2.75, 3.05) is 0 Å². The highest BCUT2D eigenvalue weighted by atomic mass is 16.5. The summed E-state index contributed by atoms with van der Waals surface area (Å²) in [5, 5.41) is 2.53. The molecule has 168 valence electrons. The quantitative estimate of drug-likeness (QED) is 0.256. The summed E-state index contributed by atoms with van der Waals surface area (Å²) < 4.78 is 8.73. The van der Waals surface area contributed by atoms with Gasteiger partial charge in [0, 0.05) is 38.6 Å². The van der Waals surface area contributed by atoms with Crippen molar-refractivity contribution in [3.05, 3.63) is 126 Å². The molecule has 2 heteroatoms. The highest BCUT2D eigenvalue weighted by Gasteiger charge is 2.34. The van der Waals surface area contributed by atoms with E-state index in [0.717, 1.165) is 11.5 Å². The Kier molecular flexibility index (Phi) is 4.22.